The van der Waals surface area contributed by atoms with Crippen molar-refractivity contribution in [3.05, 3.63) is 41.8 Å². The predicted octanol–water partition coefficient (Wildman–Crippen LogP) is 2.06. The number of benzene rings is 1. The van der Waals surface area contributed by atoms with Crippen molar-refractivity contribution in [2.75, 3.05) is 38.6 Å². The van der Waals surface area contributed by atoms with Crippen LogP contribution in [0.4, 0.5) is 15.8 Å². The Kier molecular flexibility index (Phi) is 5.41. The molecule has 1 heterocycles. The van der Waals surface area contributed by atoms with Gasteiger partial charge in [-0.25, -0.2) is 9.37 Å². The Labute approximate surface area is 139 Å². The first-order valence-electron chi connectivity index (χ1n) is 7.07. The molecule has 2 aromatic rings. The molecule has 7 nitrogen and oxygen atoms in total. The normalized spacial score (nSPS) is 10.0. The maximum Gasteiger partial charge on any atom is 0.269 e. The summed E-state index contributed by atoms with van der Waals surface area (Å²) in [6.45, 7) is 0. The number of ether oxygens (including phenoxy) is 2. The van der Waals surface area contributed by atoms with Gasteiger partial charge in [-0.05, 0) is 18.2 Å². The van der Waals surface area contributed by atoms with Gasteiger partial charge in [0.2, 0.25) is 5.88 Å². The zero-order chi connectivity index (χ0) is 17.7. The van der Waals surface area contributed by atoms with E-state index in [2.05, 4.69) is 15.8 Å². The number of hydrazine groups is 1. The van der Waals surface area contributed by atoms with Crippen LogP contribution < -0.4 is 25.2 Å². The molecular weight excluding hydrogens is 315 g/mol. The first-order valence-corrected chi connectivity index (χ1v) is 7.07. The minimum atomic E-state index is -0.629. The van der Waals surface area contributed by atoms with Gasteiger partial charge in [0.1, 0.15) is 5.75 Å². The van der Waals surface area contributed by atoms with Gasteiger partial charge in [-0.2, -0.15) is 0 Å². The standard InChI is InChI=1S/C16H19FN4O3/c1-21(2)13-7-10(5-6-14(13)23-3)15(22)20-19-11-8-12(17)16(24-4)18-9-11/h5-9,19H,1-4H3,(H,20,22). The molecule has 0 aliphatic rings. The fraction of sp³-hybridized carbons (Fsp3) is 0.250. The number of aromatic nitrogens is 1. The van der Waals surface area contributed by atoms with Crippen molar-refractivity contribution in [3.63, 3.8) is 0 Å². The lowest BCUT2D eigenvalue weighted by atomic mass is 10.1. The van der Waals surface area contributed by atoms with Crippen LogP contribution in [0.25, 0.3) is 0 Å². The van der Waals surface area contributed by atoms with Crippen LogP contribution in [0.2, 0.25) is 0 Å². The first-order chi connectivity index (χ1) is 11.5. The minimum absolute atomic E-state index is 0.113. The highest BCUT2D eigenvalue weighted by Crippen LogP contribution is 2.27. The van der Waals surface area contributed by atoms with E-state index in [0.29, 0.717) is 17.0 Å². The molecule has 8 heteroatoms. The fourth-order valence-corrected chi connectivity index (χ4v) is 2.03. The summed E-state index contributed by atoms with van der Waals surface area (Å²) in [5.74, 6) is -0.461. The molecule has 1 amide bonds. The summed E-state index contributed by atoms with van der Waals surface area (Å²) in [6.07, 6.45) is 1.35. The van der Waals surface area contributed by atoms with E-state index in [0.717, 1.165) is 5.69 Å². The molecule has 128 valence electrons. The molecule has 0 atom stereocenters. The average molecular weight is 334 g/mol. The van der Waals surface area contributed by atoms with Crippen molar-refractivity contribution in [2.45, 2.75) is 0 Å². The highest BCUT2D eigenvalue weighted by atomic mass is 19.1. The van der Waals surface area contributed by atoms with Crippen LogP contribution in [0.5, 0.6) is 11.6 Å². The summed E-state index contributed by atoms with van der Waals surface area (Å²) < 4.78 is 23.6. The third-order valence-corrected chi connectivity index (χ3v) is 3.24. The van der Waals surface area contributed by atoms with Crippen molar-refractivity contribution in [2.24, 2.45) is 0 Å². The van der Waals surface area contributed by atoms with Crippen molar-refractivity contribution < 1.29 is 18.7 Å². The molecule has 0 bridgehead atoms. The van der Waals surface area contributed by atoms with E-state index in [1.165, 1.54) is 19.4 Å². The molecule has 2 rings (SSSR count). The second-order valence-corrected chi connectivity index (χ2v) is 5.08. The summed E-state index contributed by atoms with van der Waals surface area (Å²) >= 11 is 0. The lowest BCUT2D eigenvalue weighted by Gasteiger charge is -2.17. The summed E-state index contributed by atoms with van der Waals surface area (Å²) in [5, 5.41) is 0. The largest absolute Gasteiger partial charge is 0.495 e. The van der Waals surface area contributed by atoms with Crippen LogP contribution in [0.1, 0.15) is 10.4 Å². The van der Waals surface area contributed by atoms with E-state index in [9.17, 15) is 9.18 Å². The molecule has 1 aromatic heterocycles. The number of carbonyl (C=O) groups excluding carboxylic acids is 1. The fourth-order valence-electron chi connectivity index (χ4n) is 2.03. The number of hydrogen-bond acceptors (Lipinski definition) is 6. The van der Waals surface area contributed by atoms with Gasteiger partial charge in [0, 0.05) is 25.7 Å². The van der Waals surface area contributed by atoms with Crippen LogP contribution in [0.15, 0.2) is 30.5 Å². The van der Waals surface area contributed by atoms with E-state index in [1.807, 2.05) is 19.0 Å². The SMILES string of the molecule is COc1ccc(C(=O)NNc2cnc(OC)c(F)c2)cc1N(C)C. The lowest BCUT2D eigenvalue weighted by molar-refractivity contribution is 0.0962. The van der Waals surface area contributed by atoms with Crippen LogP contribution in [-0.4, -0.2) is 39.2 Å². The Bertz CT molecular complexity index is 737. The first kappa shape index (κ1) is 17.3. The maximum absolute atomic E-state index is 13.6. The van der Waals surface area contributed by atoms with E-state index in [-0.39, 0.29) is 11.8 Å². The molecule has 1 aromatic carbocycles. The lowest BCUT2D eigenvalue weighted by Crippen LogP contribution is -2.29. The number of pyridine rings is 1. The Morgan fingerprint density at radius 2 is 1.96 bits per heavy atom. The van der Waals surface area contributed by atoms with Crippen molar-refractivity contribution >= 4 is 17.3 Å². The van der Waals surface area contributed by atoms with Gasteiger partial charge in [-0.1, -0.05) is 0 Å². The Morgan fingerprint density at radius 3 is 2.54 bits per heavy atom. The average Bonchev–Trinajstić information content (AvgIpc) is 2.59. The van der Waals surface area contributed by atoms with Crippen LogP contribution in [0, 0.1) is 5.82 Å². The van der Waals surface area contributed by atoms with E-state index in [4.69, 9.17) is 9.47 Å². The molecule has 0 spiro atoms. The number of anilines is 2. The van der Waals surface area contributed by atoms with Crippen LogP contribution >= 0.6 is 0 Å². The van der Waals surface area contributed by atoms with Crippen LogP contribution in [-0.2, 0) is 0 Å². The molecule has 0 aliphatic carbocycles. The number of nitrogens with zero attached hydrogens (tertiary/aromatic N) is 2. The molecule has 2 N–H and O–H groups in total. The molecule has 0 radical (unpaired) electrons. The summed E-state index contributed by atoms with van der Waals surface area (Å²) in [6, 6.07) is 6.21. The van der Waals surface area contributed by atoms with Gasteiger partial charge in [0.15, 0.2) is 5.82 Å². The predicted molar refractivity (Wildman–Crippen MR) is 89.2 cm³/mol. The van der Waals surface area contributed by atoms with E-state index >= 15 is 0 Å². The molecule has 0 aliphatic heterocycles. The molecule has 24 heavy (non-hydrogen) atoms. The zero-order valence-corrected chi connectivity index (χ0v) is 13.9. The van der Waals surface area contributed by atoms with Gasteiger partial charge in [0.05, 0.1) is 31.8 Å². The monoisotopic (exact) mass is 334 g/mol. The van der Waals surface area contributed by atoms with Gasteiger partial charge in [-0.3, -0.25) is 15.6 Å². The Morgan fingerprint density at radius 1 is 1.21 bits per heavy atom. The van der Waals surface area contributed by atoms with E-state index < -0.39 is 5.82 Å². The third kappa shape index (κ3) is 3.83. The summed E-state index contributed by atoms with van der Waals surface area (Å²) in [7, 11) is 6.59. The summed E-state index contributed by atoms with van der Waals surface area (Å²) in [4.78, 5) is 17.8. The second-order valence-electron chi connectivity index (χ2n) is 5.08. The number of carbonyl (C=O) groups is 1. The van der Waals surface area contributed by atoms with Gasteiger partial charge in [0.25, 0.3) is 5.91 Å². The van der Waals surface area contributed by atoms with Crippen molar-refractivity contribution in [1.29, 1.82) is 0 Å². The van der Waals surface area contributed by atoms with Crippen LogP contribution in [0.3, 0.4) is 0 Å². The highest BCUT2D eigenvalue weighted by molar-refractivity contribution is 5.96. The van der Waals surface area contributed by atoms with Gasteiger partial charge < -0.3 is 14.4 Å². The Balaban J connectivity index is 2.10. The number of methoxy groups -OCH3 is 2. The number of halogens is 1. The zero-order valence-electron chi connectivity index (χ0n) is 13.9. The maximum atomic E-state index is 13.6. The van der Waals surface area contributed by atoms with Gasteiger partial charge in [-0.15, -0.1) is 0 Å². The molecule has 0 unspecified atom stereocenters. The van der Waals surface area contributed by atoms with Crippen molar-refractivity contribution in [3.8, 4) is 11.6 Å². The molecule has 0 saturated carbocycles. The van der Waals surface area contributed by atoms with Crippen molar-refractivity contribution in [1.82, 2.24) is 10.4 Å². The topological polar surface area (TPSA) is 75.7 Å². The van der Waals surface area contributed by atoms with E-state index in [1.54, 1.807) is 25.3 Å². The smallest absolute Gasteiger partial charge is 0.269 e. The number of nitrogens with one attached hydrogen (secondary N) is 2. The molecule has 0 saturated heterocycles. The highest BCUT2D eigenvalue weighted by Gasteiger charge is 2.12. The van der Waals surface area contributed by atoms with Gasteiger partial charge >= 0.3 is 0 Å². The quantitative estimate of drug-likeness (QED) is 0.788. The molecule has 0 fully saturated rings. The minimum Gasteiger partial charge on any atom is -0.495 e. The third-order valence-electron chi connectivity index (χ3n) is 3.24. The number of hydrogen-bond donors (Lipinski definition) is 2. The summed E-state index contributed by atoms with van der Waals surface area (Å²) in [5.41, 5.74) is 6.58. The second kappa shape index (κ2) is 7.49. The Hall–Kier alpha value is -3.03. The number of rotatable bonds is 6. The number of amides is 1. The molecular formula is C16H19FN4O3.